The predicted molar refractivity (Wildman–Crippen MR) is 95.7 cm³/mol. The third kappa shape index (κ3) is 4.48. The van der Waals surface area contributed by atoms with Crippen molar-refractivity contribution in [3.63, 3.8) is 0 Å². The number of hydrogen-bond donors (Lipinski definition) is 0. The Hall–Kier alpha value is -2.83. The maximum absolute atomic E-state index is 12.8. The van der Waals surface area contributed by atoms with E-state index in [1.165, 1.54) is 18.2 Å². The molecular formula is C20H19F3N2O2. The molecule has 0 radical (unpaired) electrons. The number of ether oxygens (including phenoxy) is 1. The quantitative estimate of drug-likeness (QED) is 0.581. The van der Waals surface area contributed by atoms with Gasteiger partial charge in [-0.1, -0.05) is 6.08 Å². The molecule has 3 rings (SSSR count). The second-order valence-electron chi connectivity index (χ2n) is 6.20. The van der Waals surface area contributed by atoms with Crippen molar-refractivity contribution >= 4 is 17.3 Å². The topological polar surface area (TPSA) is 42.4 Å². The van der Waals surface area contributed by atoms with Crippen molar-refractivity contribution in [1.82, 2.24) is 4.98 Å². The second kappa shape index (κ2) is 7.82. The minimum absolute atomic E-state index is 0.0147. The number of nitrogens with zero attached hydrogens (tertiary/aromatic N) is 2. The van der Waals surface area contributed by atoms with Gasteiger partial charge in [-0.2, -0.15) is 13.2 Å². The number of halogens is 3. The highest BCUT2D eigenvalue weighted by Gasteiger charge is 2.31. The SMILES string of the molecule is CCOC(=O)/C=C/C1Cc2ncccc2N(c2ccc(C(F)(F)F)cc2)C1. The van der Waals surface area contributed by atoms with Gasteiger partial charge in [-0.25, -0.2) is 4.79 Å². The van der Waals surface area contributed by atoms with Crippen LogP contribution in [-0.4, -0.2) is 24.1 Å². The van der Waals surface area contributed by atoms with Gasteiger partial charge < -0.3 is 9.64 Å². The minimum atomic E-state index is -4.37. The molecule has 4 nitrogen and oxygen atoms in total. The van der Waals surface area contributed by atoms with Crippen LogP contribution in [0.5, 0.6) is 0 Å². The largest absolute Gasteiger partial charge is 0.463 e. The van der Waals surface area contributed by atoms with E-state index in [1.807, 2.05) is 11.0 Å². The first-order chi connectivity index (χ1) is 12.9. The van der Waals surface area contributed by atoms with Crippen LogP contribution in [-0.2, 0) is 22.1 Å². The van der Waals surface area contributed by atoms with E-state index in [2.05, 4.69) is 4.98 Å². The summed E-state index contributed by atoms with van der Waals surface area (Å²) in [4.78, 5) is 17.9. The number of benzene rings is 1. The van der Waals surface area contributed by atoms with Crippen LogP contribution in [0.25, 0.3) is 0 Å². The normalized spacial score (nSPS) is 17.0. The molecule has 0 fully saturated rings. The first-order valence-electron chi connectivity index (χ1n) is 8.62. The molecule has 1 aromatic carbocycles. The fourth-order valence-electron chi connectivity index (χ4n) is 3.09. The second-order valence-corrected chi connectivity index (χ2v) is 6.20. The van der Waals surface area contributed by atoms with Crippen LogP contribution < -0.4 is 4.90 Å². The summed E-state index contributed by atoms with van der Waals surface area (Å²) in [6, 6.07) is 8.75. The number of pyridine rings is 1. The van der Waals surface area contributed by atoms with Gasteiger partial charge in [0.15, 0.2) is 0 Å². The zero-order valence-electron chi connectivity index (χ0n) is 14.7. The zero-order valence-corrected chi connectivity index (χ0v) is 14.7. The summed E-state index contributed by atoms with van der Waals surface area (Å²) in [7, 11) is 0. The van der Waals surface area contributed by atoms with Crippen molar-refractivity contribution in [2.45, 2.75) is 19.5 Å². The van der Waals surface area contributed by atoms with Crippen LogP contribution in [0.15, 0.2) is 54.7 Å². The molecular weight excluding hydrogens is 357 g/mol. The van der Waals surface area contributed by atoms with E-state index >= 15 is 0 Å². The first kappa shape index (κ1) is 18.9. The summed E-state index contributed by atoms with van der Waals surface area (Å²) in [5.41, 5.74) is 1.65. The van der Waals surface area contributed by atoms with Gasteiger partial charge in [0.2, 0.25) is 0 Å². The molecule has 0 aliphatic carbocycles. The van der Waals surface area contributed by atoms with Gasteiger partial charge in [0, 0.05) is 30.4 Å². The van der Waals surface area contributed by atoms with Gasteiger partial charge in [0.25, 0.3) is 0 Å². The lowest BCUT2D eigenvalue weighted by Gasteiger charge is -2.34. The molecule has 0 bridgehead atoms. The highest BCUT2D eigenvalue weighted by Crippen LogP contribution is 2.36. The number of fused-ring (bicyclic) bond motifs is 1. The van der Waals surface area contributed by atoms with Crippen molar-refractivity contribution in [3.05, 3.63) is 66.0 Å². The van der Waals surface area contributed by atoms with Crippen molar-refractivity contribution < 1.29 is 22.7 Å². The molecule has 7 heteroatoms. The summed E-state index contributed by atoms with van der Waals surface area (Å²) in [5, 5.41) is 0. The van der Waals surface area contributed by atoms with Gasteiger partial charge in [-0.3, -0.25) is 4.98 Å². The molecule has 1 aromatic heterocycles. The molecule has 0 saturated heterocycles. The Morgan fingerprint density at radius 2 is 2.04 bits per heavy atom. The van der Waals surface area contributed by atoms with Crippen LogP contribution in [0.3, 0.4) is 0 Å². The molecule has 0 spiro atoms. The number of aromatic nitrogens is 1. The maximum Gasteiger partial charge on any atom is 0.416 e. The standard InChI is InChI=1S/C20H19F3N2O2/c1-2-27-19(26)10-5-14-12-17-18(4-3-11-24-17)25(13-14)16-8-6-15(7-9-16)20(21,22)23/h3-11,14H,2,12-13H2,1H3/b10-5+. The van der Waals surface area contributed by atoms with E-state index < -0.39 is 17.7 Å². The monoisotopic (exact) mass is 376 g/mol. The minimum Gasteiger partial charge on any atom is -0.463 e. The number of carbonyl (C=O) groups excluding carboxylic acids is 1. The Morgan fingerprint density at radius 3 is 2.70 bits per heavy atom. The summed E-state index contributed by atoms with van der Waals surface area (Å²) < 4.78 is 43.4. The molecule has 0 amide bonds. The summed E-state index contributed by atoms with van der Waals surface area (Å²) >= 11 is 0. The van der Waals surface area contributed by atoms with E-state index in [-0.39, 0.29) is 5.92 Å². The Balaban J connectivity index is 1.88. The van der Waals surface area contributed by atoms with Crippen molar-refractivity contribution in [1.29, 1.82) is 0 Å². The Labute approximate surface area is 155 Å². The number of anilines is 2. The van der Waals surface area contributed by atoms with E-state index in [4.69, 9.17) is 4.74 Å². The highest BCUT2D eigenvalue weighted by molar-refractivity contribution is 5.82. The van der Waals surface area contributed by atoms with Gasteiger partial charge in [-0.15, -0.1) is 0 Å². The van der Waals surface area contributed by atoms with Crippen LogP contribution in [0.2, 0.25) is 0 Å². The third-order valence-electron chi connectivity index (χ3n) is 4.33. The maximum atomic E-state index is 12.8. The molecule has 0 N–H and O–H groups in total. The van der Waals surface area contributed by atoms with Crippen molar-refractivity contribution in [2.75, 3.05) is 18.1 Å². The van der Waals surface area contributed by atoms with E-state index in [1.54, 1.807) is 25.3 Å². The molecule has 27 heavy (non-hydrogen) atoms. The fraction of sp³-hybridized carbons (Fsp3) is 0.300. The number of hydrogen-bond acceptors (Lipinski definition) is 4. The molecule has 2 aromatic rings. The van der Waals surface area contributed by atoms with E-state index in [0.29, 0.717) is 25.3 Å². The Bertz CT molecular complexity index is 832. The molecule has 1 aliphatic rings. The molecule has 1 unspecified atom stereocenters. The lowest BCUT2D eigenvalue weighted by molar-refractivity contribution is -0.138. The lowest BCUT2D eigenvalue weighted by Crippen LogP contribution is -2.31. The molecule has 0 saturated carbocycles. The van der Waals surface area contributed by atoms with Crippen LogP contribution >= 0.6 is 0 Å². The average Bonchev–Trinajstić information content (AvgIpc) is 2.65. The third-order valence-corrected chi connectivity index (χ3v) is 4.33. The van der Waals surface area contributed by atoms with Gasteiger partial charge in [0.05, 0.1) is 23.6 Å². The van der Waals surface area contributed by atoms with Gasteiger partial charge >= 0.3 is 12.1 Å². The van der Waals surface area contributed by atoms with Gasteiger partial charge in [0.1, 0.15) is 0 Å². The number of rotatable bonds is 4. The smallest absolute Gasteiger partial charge is 0.416 e. The lowest BCUT2D eigenvalue weighted by atomic mass is 9.95. The van der Waals surface area contributed by atoms with Crippen LogP contribution in [0.4, 0.5) is 24.5 Å². The Kier molecular flexibility index (Phi) is 5.48. The van der Waals surface area contributed by atoms with E-state index in [0.717, 1.165) is 23.5 Å². The van der Waals surface area contributed by atoms with Crippen LogP contribution in [0.1, 0.15) is 18.2 Å². The van der Waals surface area contributed by atoms with E-state index in [9.17, 15) is 18.0 Å². The summed E-state index contributed by atoms with van der Waals surface area (Å²) in [5.74, 6) is -0.426. The van der Waals surface area contributed by atoms with Crippen LogP contribution in [0, 0.1) is 5.92 Å². The van der Waals surface area contributed by atoms with Crippen molar-refractivity contribution in [3.8, 4) is 0 Å². The predicted octanol–water partition coefficient (Wildman–Crippen LogP) is 4.53. The number of carbonyl (C=O) groups is 1. The summed E-state index contributed by atoms with van der Waals surface area (Å²) in [6.45, 7) is 2.56. The molecule has 142 valence electrons. The summed E-state index contributed by atoms with van der Waals surface area (Å²) in [6.07, 6.45) is 1.12. The molecule has 1 atom stereocenters. The Morgan fingerprint density at radius 1 is 1.30 bits per heavy atom. The fourth-order valence-corrected chi connectivity index (χ4v) is 3.09. The first-order valence-corrected chi connectivity index (χ1v) is 8.62. The number of alkyl halides is 3. The zero-order chi connectivity index (χ0) is 19.4. The van der Waals surface area contributed by atoms with Gasteiger partial charge in [-0.05, 0) is 49.7 Å². The van der Waals surface area contributed by atoms with Crippen molar-refractivity contribution in [2.24, 2.45) is 5.92 Å². The molecule has 2 heterocycles. The molecule has 1 aliphatic heterocycles. The average molecular weight is 376 g/mol. The highest BCUT2D eigenvalue weighted by atomic mass is 19.4. The number of esters is 1.